The van der Waals surface area contributed by atoms with Crippen molar-refractivity contribution in [1.29, 1.82) is 0 Å². The highest BCUT2D eigenvalue weighted by atomic mass is 32.2. The molecule has 4 rings (SSSR count). The van der Waals surface area contributed by atoms with Crippen molar-refractivity contribution in [2.45, 2.75) is 0 Å². The van der Waals surface area contributed by atoms with Crippen LogP contribution in [-0.2, 0) is 4.79 Å². The Morgan fingerprint density at radius 1 is 0.960 bits per heavy atom. The average molecular weight is 365 g/mol. The molecular formula is C20H12FNOS2. The van der Waals surface area contributed by atoms with Crippen LogP contribution >= 0.6 is 24.0 Å². The molecule has 25 heavy (non-hydrogen) atoms. The van der Waals surface area contributed by atoms with Gasteiger partial charge in [-0.25, -0.2) is 4.39 Å². The van der Waals surface area contributed by atoms with Gasteiger partial charge in [-0.05, 0) is 46.7 Å². The van der Waals surface area contributed by atoms with E-state index in [1.165, 1.54) is 28.8 Å². The summed E-state index contributed by atoms with van der Waals surface area (Å²) in [6.45, 7) is 0. The van der Waals surface area contributed by atoms with E-state index in [0.29, 0.717) is 14.8 Å². The molecule has 0 N–H and O–H groups in total. The maximum Gasteiger partial charge on any atom is 0.270 e. The summed E-state index contributed by atoms with van der Waals surface area (Å²) in [6, 6.07) is 19.9. The lowest BCUT2D eigenvalue weighted by molar-refractivity contribution is -0.113. The van der Waals surface area contributed by atoms with E-state index in [0.717, 1.165) is 16.5 Å². The number of nitrogens with zero attached hydrogens (tertiary/aromatic N) is 1. The average Bonchev–Trinajstić information content (AvgIpc) is 2.88. The van der Waals surface area contributed by atoms with Crippen LogP contribution in [0.1, 0.15) is 5.56 Å². The Morgan fingerprint density at radius 3 is 2.56 bits per heavy atom. The molecule has 0 bridgehead atoms. The number of thioether (sulfide) groups is 1. The van der Waals surface area contributed by atoms with Gasteiger partial charge in [0, 0.05) is 0 Å². The molecule has 1 aliphatic rings. The summed E-state index contributed by atoms with van der Waals surface area (Å²) >= 11 is 6.62. The minimum atomic E-state index is -0.334. The molecule has 2 nitrogen and oxygen atoms in total. The molecule has 0 aliphatic carbocycles. The molecule has 0 atom stereocenters. The predicted octanol–water partition coefficient (Wildman–Crippen LogP) is 5.38. The van der Waals surface area contributed by atoms with Gasteiger partial charge in [-0.2, -0.15) is 0 Å². The van der Waals surface area contributed by atoms with Gasteiger partial charge in [0.05, 0.1) is 10.6 Å². The number of rotatable bonds is 2. The lowest BCUT2D eigenvalue weighted by atomic mass is 10.1. The van der Waals surface area contributed by atoms with Crippen LogP contribution in [0.25, 0.3) is 16.8 Å². The van der Waals surface area contributed by atoms with Crippen LogP contribution < -0.4 is 4.90 Å². The monoisotopic (exact) mass is 365 g/mol. The third-order valence-corrected chi connectivity index (χ3v) is 5.23. The second-order valence-corrected chi connectivity index (χ2v) is 7.28. The number of thiocarbonyl (C=S) groups is 1. The molecule has 1 fully saturated rings. The summed E-state index contributed by atoms with van der Waals surface area (Å²) in [6.07, 6.45) is 1.67. The second-order valence-electron chi connectivity index (χ2n) is 5.60. The second kappa shape index (κ2) is 6.43. The molecule has 5 heteroatoms. The van der Waals surface area contributed by atoms with Gasteiger partial charge in [-0.3, -0.25) is 9.69 Å². The van der Waals surface area contributed by atoms with Gasteiger partial charge in [0.2, 0.25) is 0 Å². The molecule has 122 valence electrons. The van der Waals surface area contributed by atoms with E-state index in [9.17, 15) is 9.18 Å². The number of halogens is 1. The Balaban J connectivity index is 1.71. The predicted molar refractivity (Wildman–Crippen MR) is 106 cm³/mol. The van der Waals surface area contributed by atoms with Gasteiger partial charge in [0.15, 0.2) is 4.32 Å². The highest BCUT2D eigenvalue weighted by molar-refractivity contribution is 8.27. The van der Waals surface area contributed by atoms with E-state index >= 15 is 0 Å². The van der Waals surface area contributed by atoms with Crippen molar-refractivity contribution in [2.75, 3.05) is 4.90 Å². The first kappa shape index (κ1) is 16.0. The Bertz CT molecular complexity index is 1040. The molecule has 1 heterocycles. The number of carbonyl (C=O) groups excluding carboxylic acids is 1. The van der Waals surface area contributed by atoms with Gasteiger partial charge >= 0.3 is 0 Å². The molecule has 3 aromatic carbocycles. The minimum absolute atomic E-state index is 0.186. The summed E-state index contributed by atoms with van der Waals surface area (Å²) < 4.78 is 13.8. The van der Waals surface area contributed by atoms with Crippen LogP contribution in [0.4, 0.5) is 10.1 Å². The zero-order chi connectivity index (χ0) is 17.4. The van der Waals surface area contributed by atoms with E-state index in [-0.39, 0.29) is 11.7 Å². The zero-order valence-electron chi connectivity index (χ0n) is 13.0. The molecule has 0 radical (unpaired) electrons. The maximum absolute atomic E-state index is 13.3. The summed E-state index contributed by atoms with van der Waals surface area (Å²) in [5.74, 6) is -0.520. The van der Waals surface area contributed by atoms with Crippen molar-refractivity contribution in [1.82, 2.24) is 0 Å². The first-order valence-corrected chi connectivity index (χ1v) is 8.87. The van der Waals surface area contributed by atoms with E-state index in [1.807, 2.05) is 42.5 Å². The van der Waals surface area contributed by atoms with E-state index in [2.05, 4.69) is 0 Å². The highest BCUT2D eigenvalue weighted by Gasteiger charge is 2.33. The van der Waals surface area contributed by atoms with Gasteiger partial charge in [0.25, 0.3) is 5.91 Å². The van der Waals surface area contributed by atoms with E-state index in [1.54, 1.807) is 18.2 Å². The fraction of sp³-hybridized carbons (Fsp3) is 0. The molecule has 1 aliphatic heterocycles. The van der Waals surface area contributed by atoms with Gasteiger partial charge < -0.3 is 0 Å². The van der Waals surface area contributed by atoms with Gasteiger partial charge in [-0.15, -0.1) is 0 Å². The van der Waals surface area contributed by atoms with Crippen LogP contribution in [0, 0.1) is 5.82 Å². The number of benzene rings is 3. The summed E-state index contributed by atoms with van der Waals surface area (Å²) in [5, 5.41) is 2.15. The fourth-order valence-corrected chi connectivity index (χ4v) is 4.05. The fourth-order valence-electron chi connectivity index (χ4n) is 2.75. The van der Waals surface area contributed by atoms with E-state index < -0.39 is 0 Å². The summed E-state index contributed by atoms with van der Waals surface area (Å²) in [5.41, 5.74) is 1.38. The van der Waals surface area contributed by atoms with Crippen molar-refractivity contribution in [3.8, 4) is 0 Å². The quantitative estimate of drug-likeness (QED) is 0.449. The minimum Gasteiger partial charge on any atom is -0.268 e. The lowest BCUT2D eigenvalue weighted by Crippen LogP contribution is -2.27. The van der Waals surface area contributed by atoms with Crippen LogP contribution in [0.3, 0.4) is 0 Å². The summed E-state index contributed by atoms with van der Waals surface area (Å²) in [4.78, 5) is 14.8. The van der Waals surface area contributed by atoms with Crippen molar-refractivity contribution in [2.24, 2.45) is 0 Å². The number of anilines is 1. The molecule has 3 aromatic rings. The standard InChI is InChI=1S/C20H12FNOS2/c21-16-7-3-4-13(10-16)11-18-19(23)22(20(24)25-18)17-9-8-14-5-1-2-6-15(14)12-17/h1-12H. The molecule has 1 saturated heterocycles. The molecular weight excluding hydrogens is 353 g/mol. The lowest BCUT2D eigenvalue weighted by Gasteiger charge is -2.15. The Kier molecular flexibility index (Phi) is 4.11. The molecule has 0 saturated carbocycles. The van der Waals surface area contributed by atoms with E-state index in [4.69, 9.17) is 12.2 Å². The normalized spacial score (nSPS) is 16.2. The van der Waals surface area contributed by atoms with Crippen molar-refractivity contribution in [3.05, 3.63) is 83.0 Å². The maximum atomic E-state index is 13.3. The van der Waals surface area contributed by atoms with Crippen LogP contribution in [0.15, 0.2) is 71.6 Å². The first-order valence-electron chi connectivity index (χ1n) is 7.64. The Hall–Kier alpha value is -2.50. The first-order chi connectivity index (χ1) is 12.1. The van der Waals surface area contributed by atoms with Gasteiger partial charge in [-0.1, -0.05) is 66.4 Å². The molecule has 0 aromatic heterocycles. The van der Waals surface area contributed by atoms with Crippen LogP contribution in [-0.4, -0.2) is 10.2 Å². The number of hydrogen-bond acceptors (Lipinski definition) is 3. The largest absolute Gasteiger partial charge is 0.270 e. The topological polar surface area (TPSA) is 20.3 Å². The highest BCUT2D eigenvalue weighted by Crippen LogP contribution is 2.37. The number of amides is 1. The third kappa shape index (κ3) is 3.08. The number of fused-ring (bicyclic) bond motifs is 1. The SMILES string of the molecule is O=C1C(=Cc2cccc(F)c2)SC(=S)N1c1ccc2ccccc2c1. The summed E-state index contributed by atoms with van der Waals surface area (Å²) in [7, 11) is 0. The molecule has 0 spiro atoms. The van der Waals surface area contributed by atoms with Crippen LogP contribution in [0.2, 0.25) is 0 Å². The molecule has 0 unspecified atom stereocenters. The Labute approximate surface area is 154 Å². The van der Waals surface area contributed by atoms with Crippen LogP contribution in [0.5, 0.6) is 0 Å². The smallest absolute Gasteiger partial charge is 0.268 e. The third-order valence-electron chi connectivity index (χ3n) is 3.93. The Morgan fingerprint density at radius 2 is 1.76 bits per heavy atom. The van der Waals surface area contributed by atoms with Crippen molar-refractivity contribution >= 4 is 56.7 Å². The van der Waals surface area contributed by atoms with Crippen molar-refractivity contribution < 1.29 is 9.18 Å². The number of hydrogen-bond donors (Lipinski definition) is 0. The zero-order valence-corrected chi connectivity index (χ0v) is 14.6. The number of carbonyl (C=O) groups is 1. The molecule has 1 amide bonds. The van der Waals surface area contributed by atoms with Gasteiger partial charge in [0.1, 0.15) is 5.82 Å². The van der Waals surface area contributed by atoms with Crippen molar-refractivity contribution in [3.63, 3.8) is 0 Å².